The number of hydrogen-bond donors (Lipinski definition) is 0. The molecule has 0 aliphatic carbocycles. The SMILES string of the molecule is C1=NC=NC1.[Zn]. The van der Waals surface area contributed by atoms with Gasteiger partial charge in [-0.05, 0) is 0 Å². The van der Waals surface area contributed by atoms with Crippen molar-refractivity contribution in [1.82, 2.24) is 0 Å². The van der Waals surface area contributed by atoms with Crippen LogP contribution in [0, 0.1) is 0 Å². The van der Waals surface area contributed by atoms with Crippen LogP contribution in [0.5, 0.6) is 0 Å². The van der Waals surface area contributed by atoms with Crippen molar-refractivity contribution in [2.75, 3.05) is 6.54 Å². The summed E-state index contributed by atoms with van der Waals surface area (Å²) in [5.74, 6) is 0. The van der Waals surface area contributed by atoms with Gasteiger partial charge < -0.3 is 0 Å². The third kappa shape index (κ3) is 1.41. The minimum absolute atomic E-state index is 0. The van der Waals surface area contributed by atoms with Gasteiger partial charge in [0.1, 0.15) is 6.34 Å². The molecule has 0 saturated heterocycles. The normalized spacial score (nSPS) is 14.7. The molecule has 0 aromatic rings. The first-order valence-electron chi connectivity index (χ1n) is 1.50. The first-order valence-corrected chi connectivity index (χ1v) is 1.50. The van der Waals surface area contributed by atoms with Crippen LogP contribution in [-0.4, -0.2) is 19.1 Å². The molecule has 0 unspecified atom stereocenters. The molecule has 0 aromatic heterocycles. The van der Waals surface area contributed by atoms with Gasteiger partial charge >= 0.3 is 0 Å². The monoisotopic (exact) mass is 132 g/mol. The zero-order chi connectivity index (χ0) is 3.54. The second-order valence-corrected chi connectivity index (χ2v) is 0.812. The summed E-state index contributed by atoms with van der Waals surface area (Å²) in [5, 5.41) is 0. The summed E-state index contributed by atoms with van der Waals surface area (Å²) in [5.41, 5.74) is 0. The zero-order valence-electron chi connectivity index (χ0n) is 3.46. The van der Waals surface area contributed by atoms with Crippen molar-refractivity contribution in [3.63, 3.8) is 0 Å². The molecule has 2 nitrogen and oxygen atoms in total. The fourth-order valence-electron chi connectivity index (χ4n) is 0.236. The second kappa shape index (κ2) is 3.16. The van der Waals surface area contributed by atoms with Gasteiger partial charge in [0.2, 0.25) is 0 Å². The maximum Gasteiger partial charge on any atom is 0.109 e. The largest absolute Gasteiger partial charge is 0.268 e. The van der Waals surface area contributed by atoms with Crippen molar-refractivity contribution in [1.29, 1.82) is 0 Å². The van der Waals surface area contributed by atoms with Gasteiger partial charge in [-0.2, -0.15) is 0 Å². The van der Waals surface area contributed by atoms with Crippen molar-refractivity contribution in [3.05, 3.63) is 0 Å². The van der Waals surface area contributed by atoms with Crippen LogP contribution < -0.4 is 0 Å². The van der Waals surface area contributed by atoms with E-state index in [0.29, 0.717) is 0 Å². The summed E-state index contributed by atoms with van der Waals surface area (Å²) in [6.07, 6.45) is 3.32. The molecule has 1 heterocycles. The third-order valence-corrected chi connectivity index (χ3v) is 0.441. The van der Waals surface area contributed by atoms with Gasteiger partial charge in [0.15, 0.2) is 0 Å². The first-order chi connectivity index (χ1) is 2.50. The average molecular weight is 133 g/mol. The molecule has 3 heteroatoms. The number of aliphatic imine (C=N–C) groups is 2. The number of hydrogen-bond acceptors (Lipinski definition) is 2. The Morgan fingerprint density at radius 1 is 1.50 bits per heavy atom. The molecular formula is C3H4N2Zn. The van der Waals surface area contributed by atoms with E-state index in [1.165, 1.54) is 0 Å². The summed E-state index contributed by atoms with van der Waals surface area (Å²) in [6.45, 7) is 0.778. The Kier molecular flexibility index (Phi) is 3.15. The maximum absolute atomic E-state index is 3.74. The van der Waals surface area contributed by atoms with Crippen LogP contribution in [0.4, 0.5) is 0 Å². The molecule has 0 radical (unpaired) electrons. The van der Waals surface area contributed by atoms with E-state index in [1.807, 2.05) is 0 Å². The molecule has 0 atom stereocenters. The molecular weight excluding hydrogens is 129 g/mol. The Labute approximate surface area is 49.1 Å². The summed E-state index contributed by atoms with van der Waals surface area (Å²) in [6, 6.07) is 0. The van der Waals surface area contributed by atoms with Gasteiger partial charge in [0.25, 0.3) is 0 Å². The van der Waals surface area contributed by atoms with Gasteiger partial charge in [-0.15, -0.1) is 0 Å². The number of nitrogens with zero attached hydrogens (tertiary/aromatic N) is 2. The van der Waals surface area contributed by atoms with E-state index in [2.05, 4.69) is 9.98 Å². The molecule has 1 aliphatic rings. The smallest absolute Gasteiger partial charge is 0.109 e. The minimum Gasteiger partial charge on any atom is -0.268 e. The fraction of sp³-hybridized carbons (Fsp3) is 0.333. The summed E-state index contributed by atoms with van der Waals surface area (Å²) in [7, 11) is 0. The van der Waals surface area contributed by atoms with Crippen LogP contribution in [0.1, 0.15) is 0 Å². The number of rotatable bonds is 0. The average Bonchev–Trinajstić information content (AvgIpc) is 1.76. The predicted molar refractivity (Wildman–Crippen MR) is 21.9 cm³/mol. The summed E-state index contributed by atoms with van der Waals surface area (Å²) in [4.78, 5) is 7.40. The maximum atomic E-state index is 3.74. The van der Waals surface area contributed by atoms with E-state index in [1.54, 1.807) is 12.6 Å². The van der Waals surface area contributed by atoms with E-state index >= 15 is 0 Å². The molecule has 0 aromatic carbocycles. The van der Waals surface area contributed by atoms with E-state index in [-0.39, 0.29) is 19.5 Å². The molecule has 28 valence electrons. The summed E-state index contributed by atoms with van der Waals surface area (Å²) >= 11 is 0. The van der Waals surface area contributed by atoms with Gasteiger partial charge in [0, 0.05) is 25.7 Å². The second-order valence-electron chi connectivity index (χ2n) is 0.812. The van der Waals surface area contributed by atoms with Gasteiger partial charge in [-0.25, -0.2) is 4.99 Å². The molecule has 0 amide bonds. The first kappa shape index (κ1) is 5.96. The van der Waals surface area contributed by atoms with Crippen LogP contribution in [0.15, 0.2) is 9.98 Å². The van der Waals surface area contributed by atoms with Gasteiger partial charge in [-0.1, -0.05) is 0 Å². The molecule has 0 saturated carbocycles. The topological polar surface area (TPSA) is 24.7 Å². The standard InChI is InChI=1S/C3H4N2.Zn/c1-2-5-3-4-1;/h1,3H,2H2;. The fourth-order valence-corrected chi connectivity index (χ4v) is 0.236. The van der Waals surface area contributed by atoms with E-state index in [9.17, 15) is 0 Å². The van der Waals surface area contributed by atoms with Crippen molar-refractivity contribution < 1.29 is 19.5 Å². The van der Waals surface area contributed by atoms with Crippen molar-refractivity contribution in [3.8, 4) is 0 Å². The predicted octanol–water partition coefficient (Wildman–Crippen LogP) is 0.0966. The molecule has 0 bridgehead atoms. The van der Waals surface area contributed by atoms with Gasteiger partial charge in [-0.3, -0.25) is 4.99 Å². The Balaban J connectivity index is 0.000000250. The van der Waals surface area contributed by atoms with Crippen LogP contribution in [0.3, 0.4) is 0 Å². The van der Waals surface area contributed by atoms with Gasteiger partial charge in [0.05, 0.1) is 6.54 Å². The van der Waals surface area contributed by atoms with E-state index in [0.717, 1.165) is 6.54 Å². The Morgan fingerprint density at radius 3 is 2.50 bits per heavy atom. The Bertz CT molecular complexity index is 66.9. The van der Waals surface area contributed by atoms with E-state index in [4.69, 9.17) is 0 Å². The van der Waals surface area contributed by atoms with Crippen molar-refractivity contribution >= 4 is 12.6 Å². The van der Waals surface area contributed by atoms with Crippen molar-refractivity contribution in [2.24, 2.45) is 9.98 Å². The molecule has 0 N–H and O–H groups in total. The molecule has 1 rings (SSSR count). The molecule has 6 heavy (non-hydrogen) atoms. The Morgan fingerprint density at radius 2 is 2.33 bits per heavy atom. The zero-order valence-corrected chi connectivity index (χ0v) is 6.43. The van der Waals surface area contributed by atoms with Crippen LogP contribution in [0.25, 0.3) is 0 Å². The quantitative estimate of drug-likeness (QED) is 0.419. The minimum atomic E-state index is 0. The van der Waals surface area contributed by atoms with Crippen molar-refractivity contribution in [2.45, 2.75) is 0 Å². The van der Waals surface area contributed by atoms with Crippen LogP contribution in [0.2, 0.25) is 0 Å². The summed E-state index contributed by atoms with van der Waals surface area (Å²) < 4.78 is 0. The molecule has 0 fully saturated rings. The van der Waals surface area contributed by atoms with E-state index < -0.39 is 0 Å². The molecule has 1 aliphatic heterocycles. The molecule has 0 spiro atoms. The van der Waals surface area contributed by atoms with Crippen LogP contribution in [-0.2, 0) is 19.5 Å². The third-order valence-electron chi connectivity index (χ3n) is 0.441. The van der Waals surface area contributed by atoms with Crippen LogP contribution >= 0.6 is 0 Å². The Hall–Kier alpha value is -0.0366.